The third-order valence-corrected chi connectivity index (χ3v) is 3.34. The molecule has 1 aliphatic carbocycles. The lowest BCUT2D eigenvalue weighted by molar-refractivity contribution is -0.119. The number of rotatable bonds is 5. The van der Waals surface area contributed by atoms with Crippen LogP contribution >= 0.6 is 0 Å². The Morgan fingerprint density at radius 2 is 2.15 bits per heavy atom. The van der Waals surface area contributed by atoms with E-state index in [2.05, 4.69) is 27.8 Å². The first-order chi connectivity index (χ1) is 9.69. The summed E-state index contributed by atoms with van der Waals surface area (Å²) in [4.78, 5) is 15.4. The number of anilines is 1. The van der Waals surface area contributed by atoms with Gasteiger partial charge in [0.1, 0.15) is 6.54 Å². The predicted molar refractivity (Wildman–Crippen MR) is 81.9 cm³/mol. The van der Waals surface area contributed by atoms with Crippen LogP contribution in [-0.2, 0) is 17.6 Å². The van der Waals surface area contributed by atoms with E-state index in [0.29, 0.717) is 6.54 Å². The minimum atomic E-state index is -0.106. The maximum absolute atomic E-state index is 11.4. The molecule has 0 spiro atoms. The third-order valence-electron chi connectivity index (χ3n) is 3.34. The molecule has 0 fully saturated rings. The molecule has 0 unspecified atom stereocenters. The van der Waals surface area contributed by atoms with Gasteiger partial charge in [-0.1, -0.05) is 13.0 Å². The van der Waals surface area contributed by atoms with Gasteiger partial charge in [-0.15, -0.1) is 0 Å². The molecule has 20 heavy (non-hydrogen) atoms. The van der Waals surface area contributed by atoms with Gasteiger partial charge in [-0.05, 0) is 48.9 Å². The van der Waals surface area contributed by atoms with Crippen molar-refractivity contribution in [2.75, 3.05) is 18.4 Å². The summed E-state index contributed by atoms with van der Waals surface area (Å²) >= 11 is 0. The van der Waals surface area contributed by atoms with Crippen molar-refractivity contribution in [3.05, 3.63) is 29.3 Å². The fraction of sp³-hybridized carbons (Fsp3) is 0.467. The lowest BCUT2D eigenvalue weighted by Crippen LogP contribution is -2.29. The number of amides is 1. The van der Waals surface area contributed by atoms with Crippen molar-refractivity contribution in [1.82, 2.24) is 5.32 Å². The number of fused-ring (bicyclic) bond motifs is 1. The van der Waals surface area contributed by atoms with E-state index in [0.717, 1.165) is 24.9 Å². The maximum atomic E-state index is 11.4. The van der Waals surface area contributed by atoms with Gasteiger partial charge in [-0.3, -0.25) is 4.79 Å². The Balaban J connectivity index is 1.87. The van der Waals surface area contributed by atoms with Crippen LogP contribution in [0.25, 0.3) is 0 Å². The van der Waals surface area contributed by atoms with E-state index in [-0.39, 0.29) is 18.4 Å². The Kier molecular flexibility index (Phi) is 4.98. The summed E-state index contributed by atoms with van der Waals surface area (Å²) in [6.45, 7) is 2.74. The SMILES string of the molecule is CCCNC(=O)CN=C(N)Nc1ccc2c(c1)CCC2. The minimum absolute atomic E-state index is 0.0593. The number of carbonyl (C=O) groups excluding carboxylic acids is 1. The standard InChI is InChI=1S/C15H22N4O/c1-2-8-17-14(20)10-18-15(16)19-13-7-6-11-4-3-5-12(11)9-13/h6-7,9H,2-5,8,10H2,1H3,(H,17,20)(H3,16,18,19). The number of hydrogen-bond acceptors (Lipinski definition) is 2. The lowest BCUT2D eigenvalue weighted by Gasteiger charge is -2.08. The molecular weight excluding hydrogens is 252 g/mol. The first-order valence-corrected chi connectivity index (χ1v) is 7.14. The molecule has 108 valence electrons. The molecule has 0 atom stereocenters. The molecule has 1 aromatic rings. The van der Waals surface area contributed by atoms with E-state index in [1.165, 1.54) is 17.5 Å². The van der Waals surface area contributed by atoms with E-state index < -0.39 is 0 Å². The highest BCUT2D eigenvalue weighted by atomic mass is 16.1. The molecule has 0 saturated carbocycles. The molecule has 4 N–H and O–H groups in total. The Labute approximate surface area is 119 Å². The average molecular weight is 274 g/mol. The second-order valence-electron chi connectivity index (χ2n) is 5.01. The second kappa shape index (κ2) is 6.93. The van der Waals surface area contributed by atoms with E-state index in [9.17, 15) is 4.79 Å². The molecule has 0 heterocycles. The molecule has 1 aromatic carbocycles. The second-order valence-corrected chi connectivity index (χ2v) is 5.01. The highest BCUT2D eigenvalue weighted by Crippen LogP contribution is 2.24. The van der Waals surface area contributed by atoms with Gasteiger partial charge in [-0.2, -0.15) is 0 Å². The Bertz CT molecular complexity index is 511. The van der Waals surface area contributed by atoms with Crippen molar-refractivity contribution in [3.8, 4) is 0 Å². The van der Waals surface area contributed by atoms with Gasteiger partial charge >= 0.3 is 0 Å². The van der Waals surface area contributed by atoms with Crippen molar-refractivity contribution in [3.63, 3.8) is 0 Å². The first kappa shape index (κ1) is 14.4. The van der Waals surface area contributed by atoms with Crippen molar-refractivity contribution in [2.45, 2.75) is 32.6 Å². The van der Waals surface area contributed by atoms with Gasteiger partial charge < -0.3 is 16.4 Å². The Morgan fingerprint density at radius 3 is 2.95 bits per heavy atom. The van der Waals surface area contributed by atoms with Crippen LogP contribution in [0.1, 0.15) is 30.9 Å². The fourth-order valence-corrected chi connectivity index (χ4v) is 2.31. The zero-order valence-corrected chi connectivity index (χ0v) is 11.9. The maximum Gasteiger partial charge on any atom is 0.241 e. The van der Waals surface area contributed by atoms with Gasteiger partial charge in [0.2, 0.25) is 5.91 Å². The van der Waals surface area contributed by atoms with Crippen LogP contribution in [0.3, 0.4) is 0 Å². The summed E-state index contributed by atoms with van der Waals surface area (Å²) in [5, 5.41) is 5.79. The van der Waals surface area contributed by atoms with Gasteiger partial charge in [-0.25, -0.2) is 4.99 Å². The smallest absolute Gasteiger partial charge is 0.241 e. The van der Waals surface area contributed by atoms with Crippen LogP contribution in [0.2, 0.25) is 0 Å². The summed E-state index contributed by atoms with van der Waals surface area (Å²) in [7, 11) is 0. The van der Waals surface area contributed by atoms with Crippen molar-refractivity contribution >= 4 is 17.6 Å². The predicted octanol–water partition coefficient (Wildman–Crippen LogP) is 1.43. The Morgan fingerprint density at radius 1 is 1.35 bits per heavy atom. The number of nitrogens with one attached hydrogen (secondary N) is 2. The Hall–Kier alpha value is -2.04. The van der Waals surface area contributed by atoms with Crippen LogP contribution in [-0.4, -0.2) is 25.0 Å². The number of nitrogens with two attached hydrogens (primary N) is 1. The van der Waals surface area contributed by atoms with Gasteiger partial charge in [0.05, 0.1) is 0 Å². The van der Waals surface area contributed by atoms with Crippen molar-refractivity contribution in [2.24, 2.45) is 10.7 Å². The normalized spacial score (nSPS) is 13.9. The molecule has 2 rings (SSSR count). The molecule has 0 saturated heterocycles. The largest absolute Gasteiger partial charge is 0.370 e. The first-order valence-electron chi connectivity index (χ1n) is 7.14. The van der Waals surface area contributed by atoms with Crippen LogP contribution in [0, 0.1) is 0 Å². The molecule has 5 heteroatoms. The number of guanidine groups is 1. The van der Waals surface area contributed by atoms with Gasteiger partial charge in [0, 0.05) is 12.2 Å². The third kappa shape index (κ3) is 3.98. The molecule has 0 aliphatic heterocycles. The highest BCUT2D eigenvalue weighted by molar-refractivity contribution is 5.94. The zero-order chi connectivity index (χ0) is 14.4. The summed E-state index contributed by atoms with van der Waals surface area (Å²) in [6, 6.07) is 6.25. The average Bonchev–Trinajstić information content (AvgIpc) is 2.90. The number of aliphatic imine (C=N–C) groups is 1. The van der Waals surface area contributed by atoms with Crippen LogP contribution in [0.15, 0.2) is 23.2 Å². The van der Waals surface area contributed by atoms with Crippen LogP contribution in [0.5, 0.6) is 0 Å². The molecule has 1 aliphatic rings. The fourth-order valence-electron chi connectivity index (χ4n) is 2.31. The quantitative estimate of drug-likeness (QED) is 0.561. The molecule has 5 nitrogen and oxygen atoms in total. The number of nitrogens with zero attached hydrogens (tertiary/aromatic N) is 1. The van der Waals surface area contributed by atoms with Gasteiger partial charge in [0.15, 0.2) is 5.96 Å². The molecule has 0 bridgehead atoms. The summed E-state index contributed by atoms with van der Waals surface area (Å²) in [5.41, 5.74) is 9.52. The van der Waals surface area contributed by atoms with Crippen LogP contribution in [0.4, 0.5) is 5.69 Å². The van der Waals surface area contributed by atoms with E-state index in [4.69, 9.17) is 5.73 Å². The van der Waals surface area contributed by atoms with Gasteiger partial charge in [0.25, 0.3) is 0 Å². The molecular formula is C15H22N4O. The van der Waals surface area contributed by atoms with Crippen molar-refractivity contribution < 1.29 is 4.79 Å². The van der Waals surface area contributed by atoms with Crippen molar-refractivity contribution in [1.29, 1.82) is 0 Å². The zero-order valence-electron chi connectivity index (χ0n) is 11.9. The minimum Gasteiger partial charge on any atom is -0.370 e. The van der Waals surface area contributed by atoms with E-state index >= 15 is 0 Å². The molecule has 0 radical (unpaired) electrons. The monoisotopic (exact) mass is 274 g/mol. The topological polar surface area (TPSA) is 79.5 Å². The summed E-state index contributed by atoms with van der Waals surface area (Å²) in [5.74, 6) is 0.167. The summed E-state index contributed by atoms with van der Waals surface area (Å²) in [6.07, 6.45) is 4.43. The lowest BCUT2D eigenvalue weighted by atomic mass is 10.1. The van der Waals surface area contributed by atoms with E-state index in [1.54, 1.807) is 0 Å². The van der Waals surface area contributed by atoms with Crippen LogP contribution < -0.4 is 16.4 Å². The number of hydrogen-bond donors (Lipinski definition) is 3. The number of benzene rings is 1. The summed E-state index contributed by atoms with van der Waals surface area (Å²) < 4.78 is 0. The number of carbonyl (C=O) groups is 1. The van der Waals surface area contributed by atoms with E-state index in [1.807, 2.05) is 13.0 Å². The highest BCUT2D eigenvalue weighted by Gasteiger charge is 2.10. The molecule has 1 amide bonds. The molecule has 0 aromatic heterocycles. The number of aryl methyl sites for hydroxylation is 2.